The highest BCUT2D eigenvalue weighted by molar-refractivity contribution is 7.18. The van der Waals surface area contributed by atoms with Gasteiger partial charge in [0, 0.05) is 18.0 Å². The molecule has 5 rings (SSSR count). The van der Waals surface area contributed by atoms with Crippen molar-refractivity contribution in [2.75, 3.05) is 31.6 Å². The van der Waals surface area contributed by atoms with Crippen molar-refractivity contribution >= 4 is 27.4 Å². The Morgan fingerprint density at radius 3 is 2.69 bits per heavy atom. The van der Waals surface area contributed by atoms with Gasteiger partial charge in [-0.1, -0.05) is 6.07 Å². The molecule has 6 heteroatoms. The van der Waals surface area contributed by atoms with E-state index >= 15 is 0 Å². The molecule has 1 saturated heterocycles. The van der Waals surface area contributed by atoms with Crippen molar-refractivity contribution in [2.45, 2.75) is 46.2 Å². The molecule has 152 valence electrons. The third-order valence-corrected chi connectivity index (χ3v) is 7.45. The number of hydrogen-bond donors (Lipinski definition) is 0. The zero-order chi connectivity index (χ0) is 20.0. The van der Waals surface area contributed by atoms with Crippen LogP contribution in [0.1, 0.15) is 40.2 Å². The van der Waals surface area contributed by atoms with Gasteiger partial charge in [0.05, 0.1) is 19.0 Å². The van der Waals surface area contributed by atoms with E-state index in [1.807, 2.05) is 0 Å². The summed E-state index contributed by atoms with van der Waals surface area (Å²) in [6, 6.07) is 6.45. The maximum Gasteiger partial charge on any atom is 0.146 e. The monoisotopic (exact) mass is 408 g/mol. The van der Waals surface area contributed by atoms with Gasteiger partial charge in [-0.3, -0.25) is 4.90 Å². The molecular formula is C23H28N4OS. The second-order valence-corrected chi connectivity index (χ2v) is 9.42. The molecule has 0 aliphatic carbocycles. The lowest BCUT2D eigenvalue weighted by molar-refractivity contribution is 0.323. The van der Waals surface area contributed by atoms with Crippen LogP contribution >= 0.6 is 11.3 Å². The third kappa shape index (κ3) is 3.49. The van der Waals surface area contributed by atoms with E-state index in [9.17, 15) is 0 Å². The van der Waals surface area contributed by atoms with E-state index < -0.39 is 0 Å². The maximum atomic E-state index is 5.46. The van der Waals surface area contributed by atoms with E-state index in [0.717, 1.165) is 61.4 Å². The molecular weight excluding hydrogens is 380 g/mol. The van der Waals surface area contributed by atoms with Gasteiger partial charge in [-0.2, -0.15) is 0 Å². The molecule has 2 aromatic heterocycles. The van der Waals surface area contributed by atoms with Crippen molar-refractivity contribution in [3.05, 3.63) is 45.6 Å². The Hall–Kier alpha value is -2.18. The molecule has 0 saturated carbocycles. The zero-order valence-electron chi connectivity index (χ0n) is 17.5. The first-order valence-electron chi connectivity index (χ1n) is 10.5. The normalized spacial score (nSPS) is 17.1. The minimum absolute atomic E-state index is 0.858. The summed E-state index contributed by atoms with van der Waals surface area (Å²) < 4.78 is 5.46. The average Bonchev–Trinajstić information content (AvgIpc) is 3.34. The summed E-state index contributed by atoms with van der Waals surface area (Å²) in [6.07, 6.45) is 3.61. The second-order valence-electron chi connectivity index (χ2n) is 8.22. The lowest BCUT2D eigenvalue weighted by Crippen LogP contribution is -2.32. The lowest BCUT2D eigenvalue weighted by Gasteiger charge is -2.31. The standard InChI is InChI=1S/C23H28N4OS/c1-15-16(2)29-23-21(15)22(24-20(25-23)14-26-9-4-5-10-26)27-11-8-17-6-7-19(28-3)12-18(17)13-27/h6-7,12H,4-5,8-11,13-14H2,1-3H3. The molecule has 0 amide bonds. The van der Waals surface area contributed by atoms with E-state index in [1.54, 1.807) is 18.4 Å². The highest BCUT2D eigenvalue weighted by Crippen LogP contribution is 2.37. The third-order valence-electron chi connectivity index (χ3n) is 6.34. The van der Waals surface area contributed by atoms with E-state index in [0.29, 0.717) is 0 Å². The number of hydrogen-bond acceptors (Lipinski definition) is 6. The van der Waals surface area contributed by atoms with Crippen LogP contribution in [0.25, 0.3) is 10.2 Å². The highest BCUT2D eigenvalue weighted by atomic mass is 32.1. The first-order chi connectivity index (χ1) is 14.1. The Labute approximate surface area is 176 Å². The van der Waals surface area contributed by atoms with Crippen LogP contribution in [0, 0.1) is 13.8 Å². The van der Waals surface area contributed by atoms with E-state index in [2.05, 4.69) is 41.8 Å². The van der Waals surface area contributed by atoms with Gasteiger partial charge in [0.2, 0.25) is 0 Å². The number of ether oxygens (including phenoxy) is 1. The number of rotatable bonds is 4. The van der Waals surface area contributed by atoms with Crippen LogP contribution in [0.3, 0.4) is 0 Å². The fourth-order valence-corrected chi connectivity index (χ4v) is 5.60. The molecule has 1 fully saturated rings. The summed E-state index contributed by atoms with van der Waals surface area (Å²) in [6.45, 7) is 9.45. The van der Waals surface area contributed by atoms with Crippen molar-refractivity contribution in [1.29, 1.82) is 0 Å². The molecule has 2 aliphatic rings. The minimum atomic E-state index is 0.858. The van der Waals surface area contributed by atoms with Gasteiger partial charge in [-0.05, 0) is 75.0 Å². The maximum absolute atomic E-state index is 5.46. The SMILES string of the molecule is COc1ccc2c(c1)CN(c1nc(CN3CCCC3)nc3sc(C)c(C)c13)CC2. The molecule has 0 radical (unpaired) electrons. The van der Waals surface area contributed by atoms with Gasteiger partial charge in [0.25, 0.3) is 0 Å². The Bertz CT molecular complexity index is 1050. The van der Waals surface area contributed by atoms with Crippen molar-refractivity contribution in [1.82, 2.24) is 14.9 Å². The number of benzene rings is 1. The van der Waals surface area contributed by atoms with Crippen molar-refractivity contribution in [3.8, 4) is 5.75 Å². The largest absolute Gasteiger partial charge is 0.497 e. The summed E-state index contributed by atoms with van der Waals surface area (Å²) in [5.74, 6) is 3.00. The van der Waals surface area contributed by atoms with Crippen LogP contribution in [-0.2, 0) is 19.5 Å². The van der Waals surface area contributed by atoms with Crippen molar-refractivity contribution in [2.24, 2.45) is 0 Å². The van der Waals surface area contributed by atoms with Crippen LogP contribution in [0.4, 0.5) is 5.82 Å². The fourth-order valence-electron chi connectivity index (χ4n) is 4.55. The lowest BCUT2D eigenvalue weighted by atomic mass is 9.99. The second kappa shape index (κ2) is 7.58. The fraction of sp³-hybridized carbons (Fsp3) is 0.478. The average molecular weight is 409 g/mol. The number of aromatic nitrogens is 2. The Balaban J connectivity index is 1.55. The van der Waals surface area contributed by atoms with Gasteiger partial charge in [-0.25, -0.2) is 9.97 Å². The van der Waals surface area contributed by atoms with E-state index in [-0.39, 0.29) is 0 Å². The number of thiophene rings is 1. The molecule has 0 spiro atoms. The van der Waals surface area contributed by atoms with Gasteiger partial charge >= 0.3 is 0 Å². The van der Waals surface area contributed by atoms with Crippen LogP contribution in [0.5, 0.6) is 5.75 Å². The number of anilines is 1. The Morgan fingerprint density at radius 1 is 1.07 bits per heavy atom. The van der Waals surface area contributed by atoms with Crippen LogP contribution < -0.4 is 9.64 Å². The first-order valence-corrected chi connectivity index (χ1v) is 11.3. The molecule has 3 aromatic rings. The highest BCUT2D eigenvalue weighted by Gasteiger charge is 2.24. The Morgan fingerprint density at radius 2 is 1.90 bits per heavy atom. The van der Waals surface area contributed by atoms with Gasteiger partial charge in [0.1, 0.15) is 22.2 Å². The molecule has 5 nitrogen and oxygen atoms in total. The molecule has 2 aliphatic heterocycles. The predicted molar refractivity (Wildman–Crippen MR) is 119 cm³/mol. The van der Waals surface area contributed by atoms with E-state index in [1.165, 1.54) is 39.8 Å². The van der Waals surface area contributed by atoms with Crippen LogP contribution in [0.2, 0.25) is 0 Å². The molecule has 0 bridgehead atoms. The predicted octanol–water partition coefficient (Wildman–Crippen LogP) is 4.48. The van der Waals surface area contributed by atoms with Crippen LogP contribution in [-0.4, -0.2) is 41.6 Å². The van der Waals surface area contributed by atoms with Crippen LogP contribution in [0.15, 0.2) is 18.2 Å². The summed E-state index contributed by atoms with van der Waals surface area (Å²) in [5.41, 5.74) is 4.08. The molecule has 0 unspecified atom stereocenters. The topological polar surface area (TPSA) is 41.5 Å². The minimum Gasteiger partial charge on any atom is -0.497 e. The summed E-state index contributed by atoms with van der Waals surface area (Å²) in [4.78, 5) is 17.5. The van der Waals surface area contributed by atoms with Crippen molar-refractivity contribution in [3.63, 3.8) is 0 Å². The number of aryl methyl sites for hydroxylation is 2. The molecule has 0 N–H and O–H groups in total. The number of fused-ring (bicyclic) bond motifs is 2. The summed E-state index contributed by atoms with van der Waals surface area (Å²) in [7, 11) is 1.73. The molecule has 1 aromatic carbocycles. The van der Waals surface area contributed by atoms with Gasteiger partial charge in [0.15, 0.2) is 0 Å². The van der Waals surface area contributed by atoms with E-state index in [4.69, 9.17) is 14.7 Å². The quantitative estimate of drug-likeness (QED) is 0.637. The Kier molecular flexibility index (Phi) is 4.92. The van der Waals surface area contributed by atoms with Crippen molar-refractivity contribution < 1.29 is 4.74 Å². The van der Waals surface area contributed by atoms with Gasteiger partial charge < -0.3 is 9.64 Å². The number of nitrogens with zero attached hydrogens (tertiary/aromatic N) is 4. The first kappa shape index (κ1) is 18.8. The number of methoxy groups -OCH3 is 1. The zero-order valence-corrected chi connectivity index (χ0v) is 18.3. The molecule has 29 heavy (non-hydrogen) atoms. The summed E-state index contributed by atoms with van der Waals surface area (Å²) in [5, 5.41) is 1.24. The molecule has 0 atom stereocenters. The molecule has 4 heterocycles. The number of likely N-dealkylation sites (tertiary alicyclic amines) is 1. The summed E-state index contributed by atoms with van der Waals surface area (Å²) >= 11 is 1.80. The van der Waals surface area contributed by atoms with Gasteiger partial charge in [-0.15, -0.1) is 11.3 Å². The smallest absolute Gasteiger partial charge is 0.146 e.